The molecule has 0 N–H and O–H groups in total. The molecule has 0 aromatic heterocycles. The van der Waals surface area contributed by atoms with Crippen LogP contribution in [0, 0.1) is 0 Å². The van der Waals surface area contributed by atoms with Crippen LogP contribution in [0.15, 0.2) is 18.2 Å². The van der Waals surface area contributed by atoms with Gasteiger partial charge in [-0.2, -0.15) is 0 Å². The van der Waals surface area contributed by atoms with Crippen molar-refractivity contribution in [3.05, 3.63) is 29.3 Å². The number of carbonyl (C=O) groups excluding carboxylic acids is 3. The van der Waals surface area contributed by atoms with Gasteiger partial charge in [0.2, 0.25) is 0 Å². The first-order valence-corrected chi connectivity index (χ1v) is 12.6. The maximum absolute atomic E-state index is 13.3. The van der Waals surface area contributed by atoms with E-state index in [4.69, 9.17) is 9.47 Å². The van der Waals surface area contributed by atoms with E-state index in [1.807, 2.05) is 36.6 Å². The molecule has 0 aliphatic carbocycles. The van der Waals surface area contributed by atoms with E-state index in [0.29, 0.717) is 32.7 Å². The van der Waals surface area contributed by atoms with Crippen LogP contribution >= 0.6 is 0 Å². The van der Waals surface area contributed by atoms with Crippen LogP contribution in [0.1, 0.15) is 44.7 Å². The van der Waals surface area contributed by atoms with E-state index in [-0.39, 0.29) is 24.1 Å². The number of urea groups is 1. The first kappa shape index (κ1) is 25.3. The van der Waals surface area contributed by atoms with E-state index >= 15 is 0 Å². The molecule has 3 aliphatic heterocycles. The second-order valence-corrected chi connectivity index (χ2v) is 10.6. The number of hydrogen-bond donors (Lipinski definition) is 0. The molecule has 0 spiro atoms. The highest BCUT2D eigenvalue weighted by Crippen LogP contribution is 2.29. The van der Waals surface area contributed by atoms with Gasteiger partial charge >= 0.3 is 18.1 Å². The summed E-state index contributed by atoms with van der Waals surface area (Å²) in [4.78, 5) is 45.1. The molecule has 3 aliphatic rings. The van der Waals surface area contributed by atoms with Crippen molar-refractivity contribution in [3.8, 4) is 0 Å². The van der Waals surface area contributed by atoms with Crippen molar-refractivity contribution < 1.29 is 23.9 Å². The number of ether oxygens (including phenoxy) is 2. The van der Waals surface area contributed by atoms with Crippen LogP contribution in [0.3, 0.4) is 0 Å². The Kier molecular flexibility index (Phi) is 7.54. The topological polar surface area (TPSA) is 82.6 Å². The highest BCUT2D eigenvalue weighted by atomic mass is 16.6. The maximum atomic E-state index is 13.3. The number of methoxy groups -OCH3 is 1. The van der Waals surface area contributed by atoms with Gasteiger partial charge in [0, 0.05) is 51.0 Å². The van der Waals surface area contributed by atoms with Gasteiger partial charge in [0.25, 0.3) is 0 Å². The number of anilines is 1. The van der Waals surface area contributed by atoms with E-state index < -0.39 is 5.60 Å². The lowest BCUT2D eigenvalue weighted by atomic mass is 10.0. The minimum atomic E-state index is -0.511. The minimum Gasteiger partial charge on any atom is -0.468 e. The molecule has 35 heavy (non-hydrogen) atoms. The molecule has 0 unspecified atom stereocenters. The van der Waals surface area contributed by atoms with E-state index in [1.165, 1.54) is 18.2 Å². The number of benzene rings is 1. The quantitative estimate of drug-likeness (QED) is 0.609. The number of piperidine rings is 1. The summed E-state index contributed by atoms with van der Waals surface area (Å²) in [6.07, 6.45) is 2.97. The van der Waals surface area contributed by atoms with Gasteiger partial charge in [0.05, 0.1) is 13.7 Å². The molecule has 4 rings (SSSR count). The fourth-order valence-corrected chi connectivity index (χ4v) is 5.16. The van der Waals surface area contributed by atoms with Crippen LogP contribution in [-0.2, 0) is 27.1 Å². The summed E-state index contributed by atoms with van der Waals surface area (Å²) in [6.45, 7) is 10.1. The number of nitrogens with zero attached hydrogens (tertiary/aromatic N) is 4. The zero-order valence-electron chi connectivity index (χ0n) is 21.4. The van der Waals surface area contributed by atoms with Crippen LogP contribution in [0.5, 0.6) is 0 Å². The van der Waals surface area contributed by atoms with Crippen molar-refractivity contribution in [2.75, 3.05) is 57.8 Å². The highest BCUT2D eigenvalue weighted by molar-refractivity contribution is 5.94. The van der Waals surface area contributed by atoms with Crippen molar-refractivity contribution in [1.29, 1.82) is 0 Å². The molecule has 192 valence electrons. The lowest BCUT2D eigenvalue weighted by Crippen LogP contribution is -2.47. The van der Waals surface area contributed by atoms with Crippen LogP contribution in [-0.4, -0.2) is 97.4 Å². The number of rotatable bonds is 4. The molecule has 1 aromatic rings. The van der Waals surface area contributed by atoms with Gasteiger partial charge in [-0.05, 0) is 69.7 Å². The van der Waals surface area contributed by atoms with Crippen molar-refractivity contribution >= 4 is 23.8 Å². The smallest absolute Gasteiger partial charge is 0.410 e. The lowest BCUT2D eigenvalue weighted by molar-refractivity contribution is -0.142. The molecule has 3 amide bonds. The Morgan fingerprint density at radius 1 is 0.971 bits per heavy atom. The van der Waals surface area contributed by atoms with Gasteiger partial charge in [0.1, 0.15) is 5.60 Å². The Hall–Kier alpha value is -2.81. The van der Waals surface area contributed by atoms with Crippen molar-refractivity contribution in [2.45, 2.75) is 58.1 Å². The molecule has 0 bridgehead atoms. The summed E-state index contributed by atoms with van der Waals surface area (Å²) in [5, 5.41) is 0. The molecule has 9 nitrogen and oxygen atoms in total. The Morgan fingerprint density at radius 3 is 2.31 bits per heavy atom. The zero-order chi connectivity index (χ0) is 25.2. The second kappa shape index (κ2) is 10.4. The van der Waals surface area contributed by atoms with Crippen molar-refractivity contribution in [1.82, 2.24) is 14.7 Å². The van der Waals surface area contributed by atoms with Crippen LogP contribution < -0.4 is 4.90 Å². The SMILES string of the molecule is COC(=O)CN1CCC(N2CCN(c3ccc4c(c3)CCN(C(=O)OC(C)(C)C)CC4)C2=O)CC1. The summed E-state index contributed by atoms with van der Waals surface area (Å²) in [5.41, 5.74) is 2.82. The number of esters is 1. The van der Waals surface area contributed by atoms with Crippen molar-refractivity contribution in [3.63, 3.8) is 0 Å². The fraction of sp³-hybridized carbons (Fsp3) is 0.654. The molecule has 2 fully saturated rings. The van der Waals surface area contributed by atoms with Gasteiger partial charge < -0.3 is 19.3 Å². The van der Waals surface area contributed by atoms with E-state index in [9.17, 15) is 14.4 Å². The number of fused-ring (bicyclic) bond motifs is 1. The Labute approximate surface area is 207 Å². The third-order valence-electron chi connectivity index (χ3n) is 7.07. The lowest BCUT2D eigenvalue weighted by Gasteiger charge is -2.36. The third-order valence-corrected chi connectivity index (χ3v) is 7.07. The van der Waals surface area contributed by atoms with Gasteiger partial charge in [0.15, 0.2) is 0 Å². The average molecular weight is 487 g/mol. The van der Waals surface area contributed by atoms with Gasteiger partial charge in [-0.3, -0.25) is 14.6 Å². The second-order valence-electron chi connectivity index (χ2n) is 10.6. The summed E-state index contributed by atoms with van der Waals surface area (Å²) in [7, 11) is 1.41. The van der Waals surface area contributed by atoms with Crippen LogP contribution in [0.25, 0.3) is 0 Å². The van der Waals surface area contributed by atoms with E-state index in [2.05, 4.69) is 17.0 Å². The first-order valence-electron chi connectivity index (χ1n) is 12.6. The van der Waals surface area contributed by atoms with E-state index in [0.717, 1.165) is 44.5 Å². The molecule has 1 aromatic carbocycles. The Balaban J connectivity index is 1.36. The molecular formula is C26H38N4O5. The third kappa shape index (κ3) is 6.07. The first-order chi connectivity index (χ1) is 16.6. The van der Waals surface area contributed by atoms with Crippen LogP contribution in [0.2, 0.25) is 0 Å². The molecule has 9 heteroatoms. The number of likely N-dealkylation sites (tertiary alicyclic amines) is 1. The normalized spacial score (nSPS) is 20.0. The monoisotopic (exact) mass is 486 g/mol. The highest BCUT2D eigenvalue weighted by Gasteiger charge is 2.36. The maximum Gasteiger partial charge on any atom is 0.410 e. The van der Waals surface area contributed by atoms with Crippen molar-refractivity contribution in [2.24, 2.45) is 0 Å². The Bertz CT molecular complexity index is 952. The average Bonchev–Trinajstić information content (AvgIpc) is 3.06. The molecule has 0 saturated carbocycles. The Morgan fingerprint density at radius 2 is 1.66 bits per heavy atom. The zero-order valence-corrected chi connectivity index (χ0v) is 21.4. The summed E-state index contributed by atoms with van der Waals surface area (Å²) in [5.74, 6) is -0.218. The number of amides is 3. The molecular weight excluding hydrogens is 448 g/mol. The van der Waals surface area contributed by atoms with Crippen LogP contribution in [0.4, 0.5) is 15.3 Å². The molecule has 0 radical (unpaired) electrons. The number of hydrogen-bond acceptors (Lipinski definition) is 6. The predicted molar refractivity (Wildman–Crippen MR) is 133 cm³/mol. The minimum absolute atomic E-state index is 0.0559. The number of carbonyl (C=O) groups is 3. The van der Waals surface area contributed by atoms with Gasteiger partial charge in [-0.1, -0.05) is 6.07 Å². The van der Waals surface area contributed by atoms with Gasteiger partial charge in [-0.15, -0.1) is 0 Å². The van der Waals surface area contributed by atoms with E-state index in [1.54, 1.807) is 4.90 Å². The summed E-state index contributed by atoms with van der Waals surface area (Å²) < 4.78 is 10.3. The molecule has 2 saturated heterocycles. The van der Waals surface area contributed by atoms with Gasteiger partial charge in [-0.25, -0.2) is 9.59 Å². The summed E-state index contributed by atoms with van der Waals surface area (Å²) in [6, 6.07) is 6.51. The molecule has 0 atom stereocenters. The molecule has 3 heterocycles. The predicted octanol–water partition coefficient (Wildman–Crippen LogP) is 2.90. The largest absolute Gasteiger partial charge is 0.468 e. The standard InChI is InChI=1S/C26H38N4O5/c1-26(2,3)35-25(33)28-13-7-19-5-6-22(17-20(19)8-14-28)30-16-15-29(24(30)32)21-9-11-27(12-10-21)18-23(31)34-4/h5-6,17,21H,7-16,18H2,1-4H3. The fourth-order valence-electron chi connectivity index (χ4n) is 5.16. The summed E-state index contributed by atoms with van der Waals surface area (Å²) >= 11 is 0.